The lowest BCUT2D eigenvalue weighted by atomic mass is 9.93. The standard InChI is InChI=1S/C14H24N4O2/c1-3-12-17-14(20-18-12)9(2)16-11-8-6-4-5-7-10(11)13(15)19/h9-11,16H,3-8H2,1-2H3,(H2,15,19)/t9-,10+,11-/m0/s1. The minimum absolute atomic E-state index is 0.0623. The van der Waals surface area contributed by atoms with Gasteiger partial charge in [0.15, 0.2) is 5.82 Å². The molecular weight excluding hydrogens is 256 g/mol. The van der Waals surface area contributed by atoms with Crippen LogP contribution in [0.3, 0.4) is 0 Å². The first kappa shape index (κ1) is 15.0. The van der Waals surface area contributed by atoms with Gasteiger partial charge in [-0.1, -0.05) is 31.3 Å². The first-order valence-electron chi connectivity index (χ1n) is 7.49. The van der Waals surface area contributed by atoms with Gasteiger partial charge in [-0.05, 0) is 19.8 Å². The minimum Gasteiger partial charge on any atom is -0.369 e. The highest BCUT2D eigenvalue weighted by Gasteiger charge is 2.30. The van der Waals surface area contributed by atoms with Gasteiger partial charge < -0.3 is 15.6 Å². The van der Waals surface area contributed by atoms with E-state index in [1.54, 1.807) is 0 Å². The van der Waals surface area contributed by atoms with E-state index in [-0.39, 0.29) is 23.9 Å². The lowest BCUT2D eigenvalue weighted by Crippen LogP contribution is -2.43. The van der Waals surface area contributed by atoms with Crippen molar-refractivity contribution in [3.8, 4) is 0 Å². The van der Waals surface area contributed by atoms with Crippen LogP contribution in [0.5, 0.6) is 0 Å². The number of hydrogen-bond acceptors (Lipinski definition) is 5. The van der Waals surface area contributed by atoms with Crippen molar-refractivity contribution >= 4 is 5.91 Å². The Hall–Kier alpha value is -1.43. The molecule has 1 amide bonds. The molecule has 1 saturated carbocycles. The van der Waals surface area contributed by atoms with Crippen molar-refractivity contribution in [2.24, 2.45) is 11.7 Å². The van der Waals surface area contributed by atoms with Gasteiger partial charge in [0.1, 0.15) is 0 Å². The minimum atomic E-state index is -0.212. The van der Waals surface area contributed by atoms with Gasteiger partial charge in [-0.3, -0.25) is 4.79 Å². The maximum atomic E-state index is 11.6. The number of hydrogen-bond donors (Lipinski definition) is 2. The lowest BCUT2D eigenvalue weighted by molar-refractivity contribution is -0.123. The Morgan fingerprint density at radius 1 is 1.45 bits per heavy atom. The van der Waals surface area contributed by atoms with Crippen molar-refractivity contribution < 1.29 is 9.32 Å². The van der Waals surface area contributed by atoms with Crippen LogP contribution in [0.15, 0.2) is 4.52 Å². The molecule has 6 nitrogen and oxygen atoms in total. The summed E-state index contributed by atoms with van der Waals surface area (Å²) in [5.41, 5.74) is 5.54. The number of nitrogens with two attached hydrogens (primary N) is 1. The van der Waals surface area contributed by atoms with Gasteiger partial charge in [0.05, 0.1) is 12.0 Å². The fourth-order valence-electron chi connectivity index (χ4n) is 2.83. The van der Waals surface area contributed by atoms with Crippen molar-refractivity contribution in [2.75, 3.05) is 0 Å². The van der Waals surface area contributed by atoms with Crippen LogP contribution in [-0.4, -0.2) is 22.1 Å². The molecule has 1 aromatic rings. The average Bonchev–Trinajstić information content (AvgIpc) is 2.79. The molecule has 1 aliphatic carbocycles. The number of aromatic nitrogens is 2. The number of nitrogens with zero attached hydrogens (tertiary/aromatic N) is 2. The van der Waals surface area contributed by atoms with Crippen molar-refractivity contribution in [3.63, 3.8) is 0 Å². The molecule has 20 heavy (non-hydrogen) atoms. The third-order valence-corrected chi connectivity index (χ3v) is 4.02. The molecule has 0 bridgehead atoms. The van der Waals surface area contributed by atoms with Gasteiger partial charge in [0.2, 0.25) is 11.8 Å². The molecule has 3 N–H and O–H groups in total. The molecule has 1 aromatic heterocycles. The van der Waals surface area contributed by atoms with E-state index in [0.29, 0.717) is 11.7 Å². The Morgan fingerprint density at radius 3 is 2.85 bits per heavy atom. The Labute approximate surface area is 119 Å². The van der Waals surface area contributed by atoms with Crippen molar-refractivity contribution in [1.82, 2.24) is 15.5 Å². The van der Waals surface area contributed by atoms with Crippen LogP contribution >= 0.6 is 0 Å². The predicted molar refractivity (Wildman–Crippen MR) is 74.8 cm³/mol. The first-order valence-corrected chi connectivity index (χ1v) is 7.49. The van der Waals surface area contributed by atoms with E-state index in [2.05, 4.69) is 15.5 Å². The quantitative estimate of drug-likeness (QED) is 0.801. The summed E-state index contributed by atoms with van der Waals surface area (Å²) in [7, 11) is 0. The molecule has 0 aromatic carbocycles. The van der Waals surface area contributed by atoms with Crippen molar-refractivity contribution in [1.29, 1.82) is 0 Å². The fraction of sp³-hybridized carbons (Fsp3) is 0.786. The molecule has 112 valence electrons. The van der Waals surface area contributed by atoms with Crippen LogP contribution < -0.4 is 11.1 Å². The van der Waals surface area contributed by atoms with E-state index in [1.165, 1.54) is 0 Å². The topological polar surface area (TPSA) is 94.0 Å². The Morgan fingerprint density at radius 2 is 2.20 bits per heavy atom. The number of rotatable bonds is 5. The summed E-state index contributed by atoms with van der Waals surface area (Å²) in [6, 6.07) is 0.0368. The van der Waals surface area contributed by atoms with Crippen LogP contribution in [0, 0.1) is 5.92 Å². The van der Waals surface area contributed by atoms with Crippen LogP contribution in [-0.2, 0) is 11.2 Å². The summed E-state index contributed by atoms with van der Waals surface area (Å²) >= 11 is 0. The molecule has 2 rings (SSSR count). The van der Waals surface area contributed by atoms with Crippen LogP contribution in [0.4, 0.5) is 0 Å². The zero-order chi connectivity index (χ0) is 14.5. The van der Waals surface area contributed by atoms with Crippen molar-refractivity contribution in [3.05, 3.63) is 11.7 Å². The van der Waals surface area contributed by atoms with E-state index in [9.17, 15) is 4.79 Å². The highest BCUT2D eigenvalue weighted by molar-refractivity contribution is 5.77. The maximum Gasteiger partial charge on any atom is 0.243 e. The molecule has 0 aliphatic heterocycles. The number of aryl methyl sites for hydroxylation is 1. The summed E-state index contributed by atoms with van der Waals surface area (Å²) < 4.78 is 5.25. The van der Waals surface area contributed by atoms with Crippen LogP contribution in [0.25, 0.3) is 0 Å². The van der Waals surface area contributed by atoms with Gasteiger partial charge in [-0.15, -0.1) is 0 Å². The van der Waals surface area contributed by atoms with E-state index >= 15 is 0 Å². The van der Waals surface area contributed by atoms with E-state index < -0.39 is 0 Å². The zero-order valence-corrected chi connectivity index (χ0v) is 12.3. The number of nitrogens with one attached hydrogen (secondary N) is 1. The van der Waals surface area contributed by atoms with Crippen LogP contribution in [0.1, 0.15) is 63.7 Å². The summed E-state index contributed by atoms with van der Waals surface area (Å²) in [6.45, 7) is 3.97. The number of primary amides is 1. The summed E-state index contributed by atoms with van der Waals surface area (Å²) in [4.78, 5) is 15.9. The summed E-state index contributed by atoms with van der Waals surface area (Å²) in [6.07, 6.45) is 5.94. The molecular formula is C14H24N4O2. The highest BCUT2D eigenvalue weighted by atomic mass is 16.5. The highest BCUT2D eigenvalue weighted by Crippen LogP contribution is 2.25. The normalized spacial score (nSPS) is 25.1. The van der Waals surface area contributed by atoms with E-state index in [0.717, 1.165) is 38.5 Å². The van der Waals surface area contributed by atoms with E-state index in [4.69, 9.17) is 10.3 Å². The lowest BCUT2D eigenvalue weighted by Gasteiger charge is -2.25. The predicted octanol–water partition coefficient (Wildman–Crippen LogP) is 1.72. The molecule has 1 fully saturated rings. The molecule has 1 aliphatic rings. The second-order valence-electron chi connectivity index (χ2n) is 5.54. The van der Waals surface area contributed by atoms with Gasteiger partial charge in [0, 0.05) is 12.5 Å². The molecule has 6 heteroatoms. The molecule has 1 heterocycles. The third kappa shape index (κ3) is 3.56. The Bertz CT molecular complexity index is 446. The smallest absolute Gasteiger partial charge is 0.243 e. The van der Waals surface area contributed by atoms with E-state index in [1.807, 2.05) is 13.8 Å². The number of amides is 1. The molecule has 0 spiro atoms. The SMILES string of the molecule is CCc1noc([C@H](C)N[C@H]2CCCCC[C@H]2C(N)=O)n1. The van der Waals surface area contributed by atoms with Gasteiger partial charge in [0.25, 0.3) is 0 Å². The molecule has 3 atom stereocenters. The second-order valence-corrected chi connectivity index (χ2v) is 5.54. The van der Waals surface area contributed by atoms with Crippen molar-refractivity contribution in [2.45, 2.75) is 64.5 Å². The fourth-order valence-corrected chi connectivity index (χ4v) is 2.83. The first-order chi connectivity index (χ1) is 9.61. The summed E-state index contributed by atoms with van der Waals surface area (Å²) in [5, 5.41) is 7.35. The number of carbonyl (C=O) groups is 1. The number of carbonyl (C=O) groups excluding carboxylic acids is 1. The zero-order valence-electron chi connectivity index (χ0n) is 12.3. The second kappa shape index (κ2) is 6.83. The third-order valence-electron chi connectivity index (χ3n) is 4.02. The largest absolute Gasteiger partial charge is 0.369 e. The summed E-state index contributed by atoms with van der Waals surface area (Å²) in [5.74, 6) is 0.972. The average molecular weight is 280 g/mol. The molecule has 0 saturated heterocycles. The van der Waals surface area contributed by atoms with Gasteiger partial charge in [-0.2, -0.15) is 4.98 Å². The monoisotopic (exact) mass is 280 g/mol. The molecule has 0 unspecified atom stereocenters. The van der Waals surface area contributed by atoms with Crippen LogP contribution in [0.2, 0.25) is 0 Å². The Kier molecular flexibility index (Phi) is 5.11. The van der Waals surface area contributed by atoms with Gasteiger partial charge >= 0.3 is 0 Å². The molecule has 0 radical (unpaired) electrons. The maximum absolute atomic E-state index is 11.6. The van der Waals surface area contributed by atoms with Gasteiger partial charge in [-0.25, -0.2) is 0 Å². The Balaban J connectivity index is 2.03.